The summed E-state index contributed by atoms with van der Waals surface area (Å²) in [7, 11) is 1.65. The van der Waals surface area contributed by atoms with Gasteiger partial charge in [-0.05, 0) is 41.1 Å². The normalized spacial score (nSPS) is 10.3. The molecule has 0 aliphatic heterocycles. The second kappa shape index (κ2) is 6.70. The Morgan fingerprint density at radius 2 is 2.11 bits per heavy atom. The average Bonchev–Trinajstić information content (AvgIpc) is 2.46. The number of para-hydroxylation sites is 1. The first-order valence-corrected chi connectivity index (χ1v) is 7.24. The van der Waals surface area contributed by atoms with Gasteiger partial charge in [0.05, 0.1) is 16.2 Å². The van der Waals surface area contributed by atoms with Crippen LogP contribution in [0.15, 0.2) is 30.5 Å². The van der Waals surface area contributed by atoms with Gasteiger partial charge >= 0.3 is 0 Å². The molecule has 1 aromatic carbocycles. The van der Waals surface area contributed by atoms with Gasteiger partial charge in [-0.25, -0.2) is 9.97 Å². The van der Waals surface area contributed by atoms with Crippen LogP contribution in [0.3, 0.4) is 0 Å². The highest BCUT2D eigenvalue weighted by molar-refractivity contribution is 14.1. The predicted molar refractivity (Wildman–Crippen MR) is 85.5 cm³/mol. The molecule has 0 saturated heterocycles. The summed E-state index contributed by atoms with van der Waals surface area (Å²) in [5.41, 5.74) is 0.904. The highest BCUT2D eigenvalue weighted by Crippen LogP contribution is 2.28. The molecule has 2 aromatic rings. The lowest BCUT2D eigenvalue weighted by Gasteiger charge is -2.10. The van der Waals surface area contributed by atoms with Crippen LogP contribution >= 0.6 is 22.6 Å². The van der Waals surface area contributed by atoms with Crippen LogP contribution in [-0.2, 0) is 0 Å². The van der Waals surface area contributed by atoms with Crippen molar-refractivity contribution in [2.24, 2.45) is 0 Å². The molecule has 0 unspecified atom stereocenters. The standard InChI is InChI=1S/C14H16IN3O/c1-3-8-16-14-11(15)9-17-13(18-14)10-6-4-5-7-12(10)19-2/h4-7,9H,3,8H2,1-2H3,(H,16,17,18). The molecule has 2 rings (SSSR count). The monoisotopic (exact) mass is 369 g/mol. The minimum Gasteiger partial charge on any atom is -0.496 e. The summed E-state index contributed by atoms with van der Waals surface area (Å²) in [6, 6.07) is 7.77. The van der Waals surface area contributed by atoms with Crippen LogP contribution < -0.4 is 10.1 Å². The van der Waals surface area contributed by atoms with Gasteiger partial charge in [-0.2, -0.15) is 0 Å². The van der Waals surface area contributed by atoms with E-state index in [1.807, 2.05) is 30.5 Å². The topological polar surface area (TPSA) is 47.0 Å². The Labute approximate surface area is 126 Å². The number of methoxy groups -OCH3 is 1. The van der Waals surface area contributed by atoms with Crippen molar-refractivity contribution in [2.45, 2.75) is 13.3 Å². The fourth-order valence-corrected chi connectivity index (χ4v) is 2.14. The number of nitrogens with zero attached hydrogens (tertiary/aromatic N) is 2. The average molecular weight is 369 g/mol. The molecule has 0 saturated carbocycles. The first-order chi connectivity index (χ1) is 9.26. The largest absolute Gasteiger partial charge is 0.496 e. The van der Waals surface area contributed by atoms with E-state index in [0.29, 0.717) is 5.82 Å². The molecule has 0 fully saturated rings. The fourth-order valence-electron chi connectivity index (χ4n) is 1.69. The third kappa shape index (κ3) is 3.34. The number of halogens is 1. The zero-order valence-electron chi connectivity index (χ0n) is 11.0. The zero-order valence-corrected chi connectivity index (χ0v) is 13.1. The molecule has 19 heavy (non-hydrogen) atoms. The molecule has 0 aliphatic rings. The van der Waals surface area contributed by atoms with Gasteiger partial charge in [0.1, 0.15) is 11.6 Å². The van der Waals surface area contributed by atoms with Crippen molar-refractivity contribution in [1.82, 2.24) is 9.97 Å². The van der Waals surface area contributed by atoms with Gasteiger partial charge in [0.15, 0.2) is 5.82 Å². The maximum absolute atomic E-state index is 5.35. The summed E-state index contributed by atoms with van der Waals surface area (Å²) in [6.07, 6.45) is 2.89. The van der Waals surface area contributed by atoms with Crippen molar-refractivity contribution in [3.05, 3.63) is 34.0 Å². The van der Waals surface area contributed by atoms with Gasteiger partial charge in [0, 0.05) is 12.7 Å². The van der Waals surface area contributed by atoms with Crippen LogP contribution in [0.25, 0.3) is 11.4 Å². The van der Waals surface area contributed by atoms with Crippen LogP contribution in [0.2, 0.25) is 0 Å². The first kappa shape index (κ1) is 14.0. The number of hydrogen-bond acceptors (Lipinski definition) is 4. The van der Waals surface area contributed by atoms with Gasteiger partial charge in [-0.3, -0.25) is 0 Å². The number of anilines is 1. The number of hydrogen-bond donors (Lipinski definition) is 1. The van der Waals surface area contributed by atoms with Crippen LogP contribution in [0, 0.1) is 3.57 Å². The lowest BCUT2D eigenvalue weighted by molar-refractivity contribution is 0.416. The summed E-state index contributed by atoms with van der Waals surface area (Å²) < 4.78 is 6.37. The summed E-state index contributed by atoms with van der Waals surface area (Å²) in [6.45, 7) is 3.03. The molecule has 0 aliphatic carbocycles. The smallest absolute Gasteiger partial charge is 0.165 e. The number of ether oxygens (including phenoxy) is 1. The third-order valence-electron chi connectivity index (χ3n) is 2.63. The van der Waals surface area contributed by atoms with E-state index in [1.54, 1.807) is 7.11 Å². The quantitative estimate of drug-likeness (QED) is 0.819. The minimum absolute atomic E-state index is 0.677. The summed E-state index contributed by atoms with van der Waals surface area (Å²) >= 11 is 2.24. The Morgan fingerprint density at radius 3 is 2.84 bits per heavy atom. The zero-order chi connectivity index (χ0) is 13.7. The number of aromatic nitrogens is 2. The van der Waals surface area contributed by atoms with E-state index >= 15 is 0 Å². The molecule has 0 amide bonds. The summed E-state index contributed by atoms with van der Waals surface area (Å²) in [4.78, 5) is 8.97. The van der Waals surface area contributed by atoms with Gasteiger partial charge in [-0.15, -0.1) is 0 Å². The Hall–Kier alpha value is -1.37. The third-order valence-corrected chi connectivity index (χ3v) is 3.42. The van der Waals surface area contributed by atoms with Crippen LogP contribution in [0.1, 0.15) is 13.3 Å². The second-order valence-electron chi connectivity index (χ2n) is 4.02. The van der Waals surface area contributed by atoms with Crippen molar-refractivity contribution in [1.29, 1.82) is 0 Å². The van der Waals surface area contributed by atoms with E-state index in [1.165, 1.54) is 0 Å². The molecule has 4 nitrogen and oxygen atoms in total. The van der Waals surface area contributed by atoms with Crippen LogP contribution in [-0.4, -0.2) is 23.6 Å². The van der Waals surface area contributed by atoms with E-state index in [0.717, 1.165) is 33.7 Å². The number of nitrogens with one attached hydrogen (secondary N) is 1. The first-order valence-electron chi connectivity index (χ1n) is 6.16. The van der Waals surface area contributed by atoms with Crippen LogP contribution in [0.5, 0.6) is 5.75 Å². The maximum atomic E-state index is 5.35. The summed E-state index contributed by atoms with van der Waals surface area (Å²) in [5, 5.41) is 3.31. The van der Waals surface area contributed by atoms with Crippen LogP contribution in [0.4, 0.5) is 5.82 Å². The van der Waals surface area contributed by atoms with Crippen molar-refractivity contribution < 1.29 is 4.74 Å². The molecule has 0 spiro atoms. The van der Waals surface area contributed by atoms with Gasteiger partial charge in [0.2, 0.25) is 0 Å². The highest BCUT2D eigenvalue weighted by Gasteiger charge is 2.10. The van der Waals surface area contributed by atoms with Crippen molar-refractivity contribution in [3.8, 4) is 17.1 Å². The van der Waals surface area contributed by atoms with Gasteiger partial charge in [0.25, 0.3) is 0 Å². The molecular weight excluding hydrogens is 353 g/mol. The molecule has 5 heteroatoms. The van der Waals surface area contributed by atoms with E-state index in [9.17, 15) is 0 Å². The molecule has 1 N–H and O–H groups in total. The molecular formula is C14H16IN3O. The summed E-state index contributed by atoms with van der Waals surface area (Å²) in [5.74, 6) is 2.33. The lowest BCUT2D eigenvalue weighted by Crippen LogP contribution is -2.05. The SMILES string of the molecule is CCCNc1nc(-c2ccccc2OC)ncc1I. The van der Waals surface area contributed by atoms with Crippen molar-refractivity contribution >= 4 is 28.4 Å². The van der Waals surface area contributed by atoms with E-state index in [2.05, 4.69) is 44.8 Å². The van der Waals surface area contributed by atoms with Gasteiger partial charge < -0.3 is 10.1 Å². The lowest BCUT2D eigenvalue weighted by atomic mass is 10.2. The molecule has 0 atom stereocenters. The number of benzene rings is 1. The van der Waals surface area contributed by atoms with Crippen molar-refractivity contribution in [3.63, 3.8) is 0 Å². The Morgan fingerprint density at radius 1 is 1.32 bits per heavy atom. The Bertz CT molecular complexity index is 560. The predicted octanol–water partition coefficient (Wildman–Crippen LogP) is 3.58. The molecule has 1 aromatic heterocycles. The molecule has 0 radical (unpaired) electrons. The fraction of sp³-hybridized carbons (Fsp3) is 0.286. The maximum Gasteiger partial charge on any atom is 0.165 e. The Balaban J connectivity index is 2.39. The highest BCUT2D eigenvalue weighted by atomic mass is 127. The molecule has 100 valence electrons. The molecule has 0 bridgehead atoms. The van der Waals surface area contributed by atoms with Crippen molar-refractivity contribution in [2.75, 3.05) is 19.0 Å². The van der Waals surface area contributed by atoms with E-state index in [4.69, 9.17) is 4.74 Å². The van der Waals surface area contributed by atoms with E-state index in [-0.39, 0.29) is 0 Å². The molecule has 1 heterocycles. The minimum atomic E-state index is 0.677. The van der Waals surface area contributed by atoms with E-state index < -0.39 is 0 Å². The number of rotatable bonds is 5. The second-order valence-corrected chi connectivity index (χ2v) is 5.18. The van der Waals surface area contributed by atoms with Gasteiger partial charge in [-0.1, -0.05) is 19.1 Å². The Kier molecular flexibility index (Phi) is 4.95.